The summed E-state index contributed by atoms with van der Waals surface area (Å²) in [7, 11) is 0. The van der Waals surface area contributed by atoms with Crippen molar-refractivity contribution in [3.63, 3.8) is 0 Å². The maximum Gasteiger partial charge on any atom is 0.0641 e. The lowest BCUT2D eigenvalue weighted by Gasteiger charge is -2.52. The van der Waals surface area contributed by atoms with Gasteiger partial charge in [-0.1, -0.05) is 83.5 Å². The average molecular weight is 674 g/mol. The fourth-order valence-electron chi connectivity index (χ4n) is 16.1. The minimum absolute atomic E-state index is 0.468. The summed E-state index contributed by atoms with van der Waals surface area (Å²) < 4.78 is 7.46. The van der Waals surface area contributed by atoms with Crippen LogP contribution in [-0.4, -0.2) is 30.7 Å². The topological polar surface area (TPSA) is 45.3 Å². The summed E-state index contributed by atoms with van der Waals surface area (Å²) in [6.07, 6.45) is 42.9. The average Bonchev–Trinajstić information content (AvgIpc) is 3.55. The lowest BCUT2D eigenvalue weighted by atomic mass is 9.53. The van der Waals surface area contributed by atoms with Crippen LogP contribution in [0.3, 0.4) is 0 Å². The molecule has 276 valence electrons. The summed E-state index contributed by atoms with van der Waals surface area (Å²) in [4.78, 5) is 0. The van der Waals surface area contributed by atoms with E-state index >= 15 is 0 Å². The van der Waals surface area contributed by atoms with E-state index < -0.39 is 0 Å². The molecule has 10 rings (SSSR count). The Bertz CT molecular complexity index is 1110. The predicted molar refractivity (Wildman–Crippen MR) is 199 cm³/mol. The Morgan fingerprint density at radius 3 is 1.49 bits per heavy atom. The van der Waals surface area contributed by atoms with Gasteiger partial charge in [-0.05, 0) is 167 Å². The second-order valence-corrected chi connectivity index (χ2v) is 20.6. The van der Waals surface area contributed by atoms with E-state index in [0.29, 0.717) is 30.7 Å². The Hall–Kier alpha value is -0.160. The molecule has 4 heteroatoms. The third-order valence-electron chi connectivity index (χ3n) is 18.5. The molecular formula is C45H75N3O. The normalized spacial score (nSPS) is 53.8. The molecule has 2 saturated heterocycles. The molecule has 0 bridgehead atoms. The third-order valence-corrected chi connectivity index (χ3v) is 18.5. The summed E-state index contributed by atoms with van der Waals surface area (Å²) in [6, 6.07) is 0. The van der Waals surface area contributed by atoms with Crippen LogP contribution in [0.1, 0.15) is 173 Å². The van der Waals surface area contributed by atoms with E-state index in [1.54, 1.807) is 38.5 Å². The van der Waals surface area contributed by atoms with Gasteiger partial charge in [0.25, 0.3) is 0 Å². The van der Waals surface area contributed by atoms with Crippen LogP contribution in [0.4, 0.5) is 0 Å². The van der Waals surface area contributed by atoms with Crippen LogP contribution in [-0.2, 0) is 4.74 Å². The first-order valence-corrected chi connectivity index (χ1v) is 23.2. The zero-order valence-corrected chi connectivity index (χ0v) is 31.4. The molecule has 0 radical (unpaired) electrons. The van der Waals surface area contributed by atoms with Crippen LogP contribution < -0.4 is 16.0 Å². The van der Waals surface area contributed by atoms with E-state index in [1.807, 2.05) is 0 Å². The van der Waals surface area contributed by atoms with Gasteiger partial charge in [-0.15, -0.1) is 0 Å². The lowest BCUT2D eigenvalue weighted by molar-refractivity contribution is -0.0929. The summed E-state index contributed by atoms with van der Waals surface area (Å²) in [5, 5.41) is 12.9. The molecule has 0 aromatic carbocycles. The minimum atomic E-state index is 0.468. The summed E-state index contributed by atoms with van der Waals surface area (Å²) in [6.45, 7) is 0. The first-order chi connectivity index (χ1) is 24.2. The van der Waals surface area contributed by atoms with Crippen LogP contribution in [0.5, 0.6) is 0 Å². The highest BCUT2D eigenvalue weighted by atomic mass is 16.5. The van der Waals surface area contributed by atoms with Gasteiger partial charge in [-0.25, -0.2) is 0 Å². The van der Waals surface area contributed by atoms with Gasteiger partial charge in [0.1, 0.15) is 0 Å². The van der Waals surface area contributed by atoms with E-state index in [0.717, 1.165) is 76.9 Å². The highest BCUT2D eigenvalue weighted by Crippen LogP contribution is 2.60. The van der Waals surface area contributed by atoms with E-state index in [1.165, 1.54) is 135 Å². The number of nitrogens with one attached hydrogen (secondary N) is 3. The molecule has 49 heavy (non-hydrogen) atoms. The van der Waals surface area contributed by atoms with Gasteiger partial charge < -0.3 is 4.74 Å². The molecular weight excluding hydrogens is 599 g/mol. The van der Waals surface area contributed by atoms with Gasteiger partial charge in [0, 0.05) is 0 Å². The maximum absolute atomic E-state index is 7.46. The predicted octanol–water partition coefficient (Wildman–Crippen LogP) is 10.2. The summed E-state index contributed by atoms with van der Waals surface area (Å²) in [5.41, 5.74) is 0. The lowest BCUT2D eigenvalue weighted by Crippen LogP contribution is -2.73. The zero-order valence-electron chi connectivity index (χ0n) is 31.4. The van der Waals surface area contributed by atoms with Crippen molar-refractivity contribution in [2.45, 2.75) is 204 Å². The van der Waals surface area contributed by atoms with Crippen molar-refractivity contribution >= 4 is 0 Å². The Morgan fingerprint density at radius 1 is 0.286 bits per heavy atom. The van der Waals surface area contributed by atoms with Gasteiger partial charge in [-0.3, -0.25) is 16.0 Å². The van der Waals surface area contributed by atoms with Crippen LogP contribution in [0.15, 0.2) is 0 Å². The number of rotatable bonds is 4. The van der Waals surface area contributed by atoms with E-state index in [4.69, 9.17) is 4.74 Å². The standard InChI is InChI=1S/C45H75N3O/c1-2-12-30(13-3-1)43-46-44(34-21-19-29-11-5-7-15-32(29)25-34)48-45(47-43)35-22-23-37-40-27-39(33-20-18-28-10-4-6-14-31(28)24-33)36-16-8-9-17-38(36)42(40)49-41(37)26-35/h28-48H,1-27H2. The molecule has 8 saturated carbocycles. The van der Waals surface area contributed by atoms with E-state index in [2.05, 4.69) is 16.0 Å². The third kappa shape index (κ3) is 6.55. The largest absolute Gasteiger partial charge is 0.374 e. The van der Waals surface area contributed by atoms with Crippen molar-refractivity contribution in [2.75, 3.05) is 0 Å². The first kappa shape index (κ1) is 33.4. The molecule has 10 fully saturated rings. The Morgan fingerprint density at radius 2 is 0.776 bits per heavy atom. The Labute approximate surface area is 301 Å². The smallest absolute Gasteiger partial charge is 0.0641 e. The monoisotopic (exact) mass is 674 g/mol. The molecule has 4 nitrogen and oxygen atoms in total. The van der Waals surface area contributed by atoms with Crippen molar-refractivity contribution in [3.8, 4) is 0 Å². The minimum Gasteiger partial charge on any atom is -0.374 e. The molecule has 0 amide bonds. The second-order valence-electron chi connectivity index (χ2n) is 20.6. The van der Waals surface area contributed by atoms with Gasteiger partial charge in [-0.2, -0.15) is 0 Å². The maximum atomic E-state index is 7.46. The number of fused-ring (bicyclic) bond motifs is 7. The van der Waals surface area contributed by atoms with Gasteiger partial charge in [0.05, 0.1) is 30.7 Å². The Kier molecular flexibility index (Phi) is 9.94. The summed E-state index contributed by atoms with van der Waals surface area (Å²) in [5.74, 6) is 12.3. The van der Waals surface area contributed by atoms with E-state index in [-0.39, 0.29) is 0 Å². The van der Waals surface area contributed by atoms with Crippen molar-refractivity contribution in [2.24, 2.45) is 76.9 Å². The van der Waals surface area contributed by atoms with E-state index in [9.17, 15) is 0 Å². The van der Waals surface area contributed by atoms with Gasteiger partial charge in [0.15, 0.2) is 0 Å². The SMILES string of the molecule is C1CCC(C2NC(C3CCC4CCCCC4C3)NC(C3CCC4C(C3)OC3C4CC(C4CCC5CCCCC5C4)C4CCCCC43)N2)CC1. The number of ether oxygens (including phenoxy) is 1. The van der Waals surface area contributed by atoms with Crippen LogP contribution >= 0.6 is 0 Å². The fraction of sp³-hybridized carbons (Fsp3) is 1.00. The molecule has 17 unspecified atom stereocenters. The van der Waals surface area contributed by atoms with Gasteiger partial charge >= 0.3 is 0 Å². The molecule has 0 aromatic heterocycles. The number of hydrogen-bond acceptors (Lipinski definition) is 4. The Balaban J connectivity index is 0.838. The fourth-order valence-corrected chi connectivity index (χ4v) is 16.1. The van der Waals surface area contributed by atoms with Crippen molar-refractivity contribution in [1.82, 2.24) is 16.0 Å². The van der Waals surface area contributed by atoms with Crippen molar-refractivity contribution < 1.29 is 4.74 Å². The molecule has 0 spiro atoms. The first-order valence-electron chi connectivity index (χ1n) is 23.2. The molecule has 0 aromatic rings. The number of hydrogen-bond donors (Lipinski definition) is 3. The summed E-state index contributed by atoms with van der Waals surface area (Å²) >= 11 is 0. The molecule has 10 aliphatic rings. The zero-order chi connectivity index (χ0) is 32.3. The molecule has 17 atom stereocenters. The highest BCUT2D eigenvalue weighted by Gasteiger charge is 2.57. The van der Waals surface area contributed by atoms with Crippen LogP contribution in [0.25, 0.3) is 0 Å². The quantitative estimate of drug-likeness (QED) is 0.278. The molecule has 3 N–H and O–H groups in total. The molecule has 8 aliphatic carbocycles. The molecule has 2 heterocycles. The van der Waals surface area contributed by atoms with Crippen molar-refractivity contribution in [3.05, 3.63) is 0 Å². The van der Waals surface area contributed by atoms with Gasteiger partial charge in [0.2, 0.25) is 0 Å². The molecule has 2 aliphatic heterocycles. The van der Waals surface area contributed by atoms with Crippen LogP contribution in [0.2, 0.25) is 0 Å². The van der Waals surface area contributed by atoms with Crippen molar-refractivity contribution in [1.29, 1.82) is 0 Å². The highest BCUT2D eigenvalue weighted by molar-refractivity contribution is 5.07. The van der Waals surface area contributed by atoms with Crippen LogP contribution in [0, 0.1) is 76.9 Å². The second kappa shape index (κ2) is 14.6.